The summed E-state index contributed by atoms with van der Waals surface area (Å²) in [7, 11) is 3.65. The molecule has 2 fully saturated rings. The van der Waals surface area contributed by atoms with E-state index in [-0.39, 0.29) is 35.0 Å². The molecule has 20 heavy (non-hydrogen) atoms. The van der Waals surface area contributed by atoms with Crippen molar-refractivity contribution in [3.05, 3.63) is 0 Å². The van der Waals surface area contributed by atoms with Crippen LogP contribution in [0, 0.1) is 11.3 Å². The Morgan fingerprint density at radius 3 is 2.40 bits per heavy atom. The fourth-order valence-corrected chi connectivity index (χ4v) is 2.88. The van der Waals surface area contributed by atoms with Gasteiger partial charge in [0, 0.05) is 32.2 Å². The summed E-state index contributed by atoms with van der Waals surface area (Å²) >= 11 is 0. The molecule has 118 valence electrons. The Bertz CT molecular complexity index is 355. The summed E-state index contributed by atoms with van der Waals surface area (Å²) in [4.78, 5) is 4.32. The van der Waals surface area contributed by atoms with Crippen LogP contribution in [0.2, 0.25) is 0 Å². The van der Waals surface area contributed by atoms with E-state index in [0.29, 0.717) is 6.04 Å². The molecule has 4 nitrogen and oxygen atoms in total. The van der Waals surface area contributed by atoms with E-state index in [1.807, 2.05) is 7.05 Å². The van der Waals surface area contributed by atoms with E-state index in [9.17, 15) is 0 Å². The molecule has 0 aromatic rings. The van der Waals surface area contributed by atoms with Gasteiger partial charge in [0.15, 0.2) is 5.96 Å². The van der Waals surface area contributed by atoms with Crippen molar-refractivity contribution in [3.8, 4) is 0 Å². The van der Waals surface area contributed by atoms with Gasteiger partial charge in [0.2, 0.25) is 0 Å². The van der Waals surface area contributed by atoms with Crippen LogP contribution in [0.5, 0.6) is 0 Å². The summed E-state index contributed by atoms with van der Waals surface area (Å²) in [5.74, 6) is 1.89. The molecule has 2 unspecified atom stereocenters. The summed E-state index contributed by atoms with van der Waals surface area (Å²) in [6.07, 6.45) is 5.12. The number of methoxy groups -OCH3 is 1. The summed E-state index contributed by atoms with van der Waals surface area (Å²) in [6.45, 7) is 7.73. The van der Waals surface area contributed by atoms with Crippen LogP contribution in [0.4, 0.5) is 0 Å². The van der Waals surface area contributed by atoms with Gasteiger partial charge in [-0.05, 0) is 25.7 Å². The number of aliphatic imine (C=N–C) groups is 1. The lowest BCUT2D eigenvalue weighted by atomic mass is 9.56. The molecule has 2 N–H and O–H groups in total. The van der Waals surface area contributed by atoms with Crippen LogP contribution in [0.15, 0.2) is 4.99 Å². The Labute approximate surface area is 140 Å². The second kappa shape index (κ2) is 6.81. The van der Waals surface area contributed by atoms with Crippen molar-refractivity contribution in [2.75, 3.05) is 20.7 Å². The first-order chi connectivity index (χ1) is 8.93. The number of hydrogen-bond donors (Lipinski definition) is 2. The van der Waals surface area contributed by atoms with E-state index in [2.05, 4.69) is 36.4 Å². The Morgan fingerprint density at radius 1 is 1.30 bits per heavy atom. The number of guanidine groups is 1. The van der Waals surface area contributed by atoms with Crippen molar-refractivity contribution >= 4 is 29.9 Å². The summed E-state index contributed by atoms with van der Waals surface area (Å²) < 4.78 is 5.65. The van der Waals surface area contributed by atoms with Gasteiger partial charge in [0.1, 0.15) is 0 Å². The molecule has 0 saturated heterocycles. The van der Waals surface area contributed by atoms with Crippen molar-refractivity contribution in [1.82, 2.24) is 10.6 Å². The van der Waals surface area contributed by atoms with Crippen molar-refractivity contribution in [3.63, 3.8) is 0 Å². The summed E-state index contributed by atoms with van der Waals surface area (Å²) in [5.41, 5.74) is 0.0907. The zero-order valence-corrected chi connectivity index (χ0v) is 15.8. The van der Waals surface area contributed by atoms with Gasteiger partial charge in [0.25, 0.3) is 0 Å². The molecule has 2 aliphatic carbocycles. The molecule has 2 saturated carbocycles. The molecular formula is C15H30IN3O. The number of ether oxygens (including phenoxy) is 1. The smallest absolute Gasteiger partial charge is 0.191 e. The zero-order valence-electron chi connectivity index (χ0n) is 13.5. The molecule has 0 radical (unpaired) electrons. The van der Waals surface area contributed by atoms with Gasteiger partial charge in [-0.25, -0.2) is 0 Å². The molecule has 2 rings (SSSR count). The fourth-order valence-electron chi connectivity index (χ4n) is 2.88. The second-order valence-electron chi connectivity index (χ2n) is 6.79. The van der Waals surface area contributed by atoms with E-state index in [4.69, 9.17) is 4.74 Å². The molecule has 0 heterocycles. The van der Waals surface area contributed by atoms with Gasteiger partial charge in [-0.15, -0.1) is 24.0 Å². The van der Waals surface area contributed by atoms with Crippen LogP contribution in [0.3, 0.4) is 0 Å². The first kappa shape index (κ1) is 18.0. The maximum absolute atomic E-state index is 5.65. The van der Waals surface area contributed by atoms with Crippen molar-refractivity contribution in [2.24, 2.45) is 16.3 Å². The van der Waals surface area contributed by atoms with Crippen LogP contribution in [0.25, 0.3) is 0 Å². The average molecular weight is 395 g/mol. The van der Waals surface area contributed by atoms with E-state index in [0.717, 1.165) is 24.8 Å². The molecule has 0 bridgehead atoms. The minimum absolute atomic E-state index is 0. The number of hydrogen-bond acceptors (Lipinski definition) is 2. The number of halogens is 1. The fraction of sp³-hybridized carbons (Fsp3) is 0.933. The van der Waals surface area contributed by atoms with E-state index >= 15 is 0 Å². The van der Waals surface area contributed by atoms with Gasteiger partial charge < -0.3 is 15.4 Å². The second-order valence-corrected chi connectivity index (χ2v) is 6.79. The van der Waals surface area contributed by atoms with Gasteiger partial charge in [-0.2, -0.15) is 0 Å². The third-order valence-corrected chi connectivity index (χ3v) is 5.35. The Kier molecular flexibility index (Phi) is 6.14. The van der Waals surface area contributed by atoms with Crippen LogP contribution in [-0.2, 0) is 4.74 Å². The SMILES string of the molecule is CN=C(NCCC1CC1)NC1CC(C)(OC)C1(C)C.I. The van der Waals surface area contributed by atoms with Crippen molar-refractivity contribution < 1.29 is 4.74 Å². The molecule has 0 aliphatic heterocycles. The van der Waals surface area contributed by atoms with Crippen LogP contribution < -0.4 is 10.6 Å². The highest BCUT2D eigenvalue weighted by Gasteiger charge is 2.58. The van der Waals surface area contributed by atoms with E-state index in [1.165, 1.54) is 19.3 Å². The molecule has 5 heteroatoms. The van der Waals surface area contributed by atoms with Crippen LogP contribution >= 0.6 is 24.0 Å². The highest BCUT2D eigenvalue weighted by atomic mass is 127. The normalized spacial score (nSPS) is 32.0. The molecule has 2 atom stereocenters. The Hall–Kier alpha value is -0.0400. The molecule has 0 amide bonds. The van der Waals surface area contributed by atoms with Gasteiger partial charge in [-0.1, -0.05) is 26.7 Å². The van der Waals surface area contributed by atoms with E-state index < -0.39 is 0 Å². The van der Waals surface area contributed by atoms with Crippen molar-refractivity contribution in [1.29, 1.82) is 0 Å². The van der Waals surface area contributed by atoms with Gasteiger partial charge in [0.05, 0.1) is 5.60 Å². The number of nitrogens with one attached hydrogen (secondary N) is 2. The highest BCUT2D eigenvalue weighted by molar-refractivity contribution is 14.0. The monoisotopic (exact) mass is 395 g/mol. The van der Waals surface area contributed by atoms with Crippen LogP contribution in [0.1, 0.15) is 46.5 Å². The summed E-state index contributed by atoms with van der Waals surface area (Å²) in [5, 5.41) is 6.96. The topological polar surface area (TPSA) is 45.7 Å². The van der Waals surface area contributed by atoms with Gasteiger partial charge >= 0.3 is 0 Å². The Morgan fingerprint density at radius 2 is 1.95 bits per heavy atom. The highest BCUT2D eigenvalue weighted by Crippen LogP contribution is 2.51. The first-order valence-electron chi connectivity index (χ1n) is 7.45. The quantitative estimate of drug-likeness (QED) is 0.428. The predicted octanol–water partition coefficient (Wildman–Crippen LogP) is 2.77. The lowest BCUT2D eigenvalue weighted by molar-refractivity contribution is -0.176. The molecule has 0 spiro atoms. The summed E-state index contributed by atoms with van der Waals surface area (Å²) in [6, 6.07) is 0.421. The molecule has 0 aromatic heterocycles. The zero-order chi connectivity index (χ0) is 14.1. The lowest BCUT2D eigenvalue weighted by Gasteiger charge is -2.59. The predicted molar refractivity (Wildman–Crippen MR) is 94.9 cm³/mol. The standard InChI is InChI=1S/C15H29N3O.HI/c1-14(2)12(10-15(14,3)19-5)18-13(16-4)17-9-8-11-6-7-11;/h11-12H,6-10H2,1-5H3,(H2,16,17,18);1H. The minimum atomic E-state index is -0.0302. The van der Waals surface area contributed by atoms with E-state index in [1.54, 1.807) is 7.11 Å². The Balaban J connectivity index is 0.00000200. The lowest BCUT2D eigenvalue weighted by Crippen LogP contribution is -2.69. The third kappa shape index (κ3) is 3.59. The number of rotatable bonds is 5. The first-order valence-corrected chi connectivity index (χ1v) is 7.45. The largest absolute Gasteiger partial charge is 0.378 e. The van der Waals surface area contributed by atoms with Crippen LogP contribution in [-0.4, -0.2) is 38.3 Å². The van der Waals surface area contributed by atoms with Gasteiger partial charge in [-0.3, -0.25) is 4.99 Å². The number of nitrogens with zero attached hydrogens (tertiary/aromatic N) is 1. The average Bonchev–Trinajstić information content (AvgIpc) is 3.20. The molecular weight excluding hydrogens is 365 g/mol. The molecule has 0 aromatic carbocycles. The molecule has 2 aliphatic rings. The maximum Gasteiger partial charge on any atom is 0.191 e. The maximum atomic E-state index is 5.65. The van der Waals surface area contributed by atoms with Crippen molar-refractivity contribution in [2.45, 2.75) is 58.1 Å². The third-order valence-electron chi connectivity index (χ3n) is 5.35. The minimum Gasteiger partial charge on any atom is -0.378 e.